The average Bonchev–Trinajstić information content (AvgIpc) is 3.88. The van der Waals surface area contributed by atoms with Crippen molar-refractivity contribution in [3.8, 4) is 11.5 Å². The van der Waals surface area contributed by atoms with Crippen LogP contribution in [0, 0.1) is 11.6 Å². The van der Waals surface area contributed by atoms with Gasteiger partial charge in [0.1, 0.15) is 5.75 Å². The number of ether oxygens (including phenoxy) is 1. The Morgan fingerprint density at radius 3 is 2.60 bits per heavy atom. The first-order valence-electron chi connectivity index (χ1n) is 14.9. The largest absolute Gasteiger partial charge is 0.450 e. The Bertz CT molecular complexity index is 1960. The van der Waals surface area contributed by atoms with Crippen molar-refractivity contribution >= 4 is 16.7 Å². The van der Waals surface area contributed by atoms with Crippen LogP contribution in [0.3, 0.4) is 0 Å². The summed E-state index contributed by atoms with van der Waals surface area (Å²) < 4.78 is 33.7. The van der Waals surface area contributed by atoms with E-state index in [9.17, 15) is 18.4 Å². The minimum absolute atomic E-state index is 0.0481. The van der Waals surface area contributed by atoms with Gasteiger partial charge in [-0.15, -0.1) is 0 Å². The summed E-state index contributed by atoms with van der Waals surface area (Å²) in [7, 11) is 0. The summed E-state index contributed by atoms with van der Waals surface area (Å²) >= 11 is 0. The highest BCUT2D eigenvalue weighted by Gasteiger charge is 2.54. The molecule has 3 aromatic heterocycles. The number of pyridine rings is 2. The number of nitrogens with two attached hydrogens (primary N) is 1. The molecule has 7 rings (SSSR count). The molecular formula is C34H30F2N6O3. The van der Waals surface area contributed by atoms with Crippen molar-refractivity contribution in [2.75, 3.05) is 0 Å². The van der Waals surface area contributed by atoms with Crippen molar-refractivity contribution in [3.05, 3.63) is 123 Å². The van der Waals surface area contributed by atoms with Crippen LogP contribution in [0.4, 0.5) is 8.78 Å². The number of rotatable bonds is 8. The van der Waals surface area contributed by atoms with Crippen molar-refractivity contribution in [2.24, 2.45) is 5.73 Å². The van der Waals surface area contributed by atoms with Gasteiger partial charge in [-0.25, -0.2) is 13.9 Å². The fraction of sp³-hybridized carbons (Fsp3) is 0.265. The van der Waals surface area contributed by atoms with Crippen molar-refractivity contribution in [1.82, 2.24) is 25.1 Å². The summed E-state index contributed by atoms with van der Waals surface area (Å²) in [5.41, 5.74) is 8.78. The number of hydrogen-bond donors (Lipinski definition) is 2. The SMILES string of the molecule is NCc1n[nH]c(=O)c2ccc(C3(C(=O)N(Cc4ccc(Oc5c(F)cccc5F)cn4)[C@@H]4CCCc5cccnc54)CC3)cc12. The monoisotopic (exact) mass is 608 g/mol. The maximum atomic E-state index is 14.7. The molecule has 11 heteroatoms. The number of para-hydroxylation sites is 1. The Hall–Kier alpha value is -5.03. The highest BCUT2D eigenvalue weighted by molar-refractivity contribution is 5.94. The van der Waals surface area contributed by atoms with E-state index in [0.29, 0.717) is 35.0 Å². The third-order valence-corrected chi connectivity index (χ3v) is 8.84. The molecule has 1 fully saturated rings. The van der Waals surface area contributed by atoms with Crippen LogP contribution >= 0.6 is 0 Å². The molecule has 5 aromatic rings. The molecule has 0 aliphatic heterocycles. The van der Waals surface area contributed by atoms with Crippen LogP contribution in [-0.2, 0) is 29.7 Å². The second-order valence-corrected chi connectivity index (χ2v) is 11.6. The lowest BCUT2D eigenvalue weighted by atomic mass is 9.87. The summed E-state index contributed by atoms with van der Waals surface area (Å²) in [6, 6.07) is 15.9. The summed E-state index contributed by atoms with van der Waals surface area (Å²) in [5, 5.41) is 7.72. The van der Waals surface area contributed by atoms with Crippen LogP contribution in [0.5, 0.6) is 11.5 Å². The summed E-state index contributed by atoms with van der Waals surface area (Å²) in [6.07, 6.45) is 6.98. The van der Waals surface area contributed by atoms with E-state index in [1.165, 1.54) is 12.3 Å². The number of aryl methyl sites for hydroxylation is 1. The highest BCUT2D eigenvalue weighted by atomic mass is 19.1. The van der Waals surface area contributed by atoms with Crippen LogP contribution in [0.2, 0.25) is 0 Å². The lowest BCUT2D eigenvalue weighted by Crippen LogP contribution is -2.43. The number of amides is 1. The molecule has 3 heterocycles. The van der Waals surface area contributed by atoms with E-state index in [1.54, 1.807) is 24.4 Å². The van der Waals surface area contributed by atoms with E-state index in [1.807, 2.05) is 23.1 Å². The van der Waals surface area contributed by atoms with Gasteiger partial charge in [0.05, 0.1) is 46.7 Å². The zero-order valence-corrected chi connectivity index (χ0v) is 24.3. The number of H-pyrrole nitrogens is 1. The molecule has 1 atom stereocenters. The van der Waals surface area contributed by atoms with Crippen molar-refractivity contribution < 1.29 is 18.3 Å². The molecule has 0 spiro atoms. The molecule has 9 nitrogen and oxygen atoms in total. The fourth-order valence-corrected chi connectivity index (χ4v) is 6.35. The maximum Gasteiger partial charge on any atom is 0.272 e. The third-order valence-electron chi connectivity index (χ3n) is 8.84. The van der Waals surface area contributed by atoms with Crippen LogP contribution < -0.4 is 16.0 Å². The molecular weight excluding hydrogens is 578 g/mol. The number of nitrogens with one attached hydrogen (secondary N) is 1. The Labute approximate surface area is 257 Å². The number of halogens is 2. The van der Waals surface area contributed by atoms with E-state index < -0.39 is 22.8 Å². The number of hydrogen-bond acceptors (Lipinski definition) is 7. The number of carbonyl (C=O) groups is 1. The van der Waals surface area contributed by atoms with Crippen molar-refractivity contribution in [1.29, 1.82) is 0 Å². The first-order valence-corrected chi connectivity index (χ1v) is 14.9. The maximum absolute atomic E-state index is 14.7. The lowest BCUT2D eigenvalue weighted by molar-refractivity contribution is -0.137. The first kappa shape index (κ1) is 28.7. The second kappa shape index (κ2) is 11.5. The van der Waals surface area contributed by atoms with E-state index in [0.717, 1.165) is 48.2 Å². The minimum Gasteiger partial charge on any atom is -0.450 e. The molecule has 228 valence electrons. The van der Waals surface area contributed by atoms with Crippen LogP contribution in [0.15, 0.2) is 77.9 Å². The summed E-state index contributed by atoms with van der Waals surface area (Å²) in [5.74, 6) is -2.02. The lowest BCUT2D eigenvalue weighted by Gasteiger charge is -2.37. The van der Waals surface area contributed by atoms with Gasteiger partial charge in [0, 0.05) is 18.1 Å². The number of nitrogens with zero attached hydrogens (tertiary/aromatic N) is 4. The third kappa shape index (κ3) is 5.22. The normalized spacial score (nSPS) is 16.6. The van der Waals surface area contributed by atoms with E-state index in [4.69, 9.17) is 15.5 Å². The zero-order chi connectivity index (χ0) is 31.1. The van der Waals surface area contributed by atoms with Crippen molar-refractivity contribution in [3.63, 3.8) is 0 Å². The van der Waals surface area contributed by atoms with Gasteiger partial charge in [0.2, 0.25) is 5.91 Å². The second-order valence-electron chi connectivity index (χ2n) is 11.6. The van der Waals surface area contributed by atoms with Crippen LogP contribution in [-0.4, -0.2) is 31.0 Å². The predicted molar refractivity (Wildman–Crippen MR) is 162 cm³/mol. The van der Waals surface area contributed by atoms with E-state index in [-0.39, 0.29) is 36.3 Å². The first-order chi connectivity index (χ1) is 21.9. The molecule has 2 aliphatic rings. The molecule has 1 saturated carbocycles. The molecule has 0 bridgehead atoms. The van der Waals surface area contributed by atoms with Gasteiger partial charge in [-0.1, -0.05) is 18.2 Å². The summed E-state index contributed by atoms with van der Waals surface area (Å²) in [6.45, 7) is 0.335. The number of benzene rings is 2. The number of aromatic amines is 1. The van der Waals surface area contributed by atoms with Crippen molar-refractivity contribution in [2.45, 2.75) is 56.7 Å². The van der Waals surface area contributed by atoms with Gasteiger partial charge in [-0.2, -0.15) is 5.10 Å². The Balaban J connectivity index is 1.24. The standard InChI is InChI=1S/C34H30F2N6O3/c35-26-6-2-7-27(36)31(26)45-23-11-10-22(39-18-23)19-42(29-8-1-4-20-5-3-15-38-30(20)29)33(44)34(13-14-34)21-9-12-24-25(16-21)28(17-37)40-41-32(24)43/h2-3,5-7,9-12,15-16,18,29H,1,4,8,13-14,17,19,37H2,(H,41,43)/t29-/m1/s1. The topological polar surface area (TPSA) is 127 Å². The number of carbonyl (C=O) groups excluding carboxylic acids is 1. The van der Waals surface area contributed by atoms with Gasteiger partial charge < -0.3 is 15.4 Å². The Morgan fingerprint density at radius 2 is 1.87 bits per heavy atom. The molecule has 3 N–H and O–H groups in total. The molecule has 2 aromatic carbocycles. The smallest absolute Gasteiger partial charge is 0.272 e. The van der Waals surface area contributed by atoms with E-state index in [2.05, 4.69) is 21.2 Å². The Morgan fingerprint density at radius 1 is 1.04 bits per heavy atom. The molecule has 1 amide bonds. The molecule has 45 heavy (non-hydrogen) atoms. The molecule has 0 unspecified atom stereocenters. The van der Waals surface area contributed by atoms with Gasteiger partial charge >= 0.3 is 0 Å². The summed E-state index contributed by atoms with van der Waals surface area (Å²) in [4.78, 5) is 38.3. The van der Waals surface area contributed by atoms with Gasteiger partial charge in [0.15, 0.2) is 17.4 Å². The van der Waals surface area contributed by atoms with Gasteiger partial charge in [-0.05, 0) is 85.7 Å². The fourth-order valence-electron chi connectivity index (χ4n) is 6.35. The minimum atomic E-state index is -0.818. The van der Waals surface area contributed by atoms with Crippen LogP contribution in [0.1, 0.15) is 59.9 Å². The molecule has 0 saturated heterocycles. The molecule has 2 aliphatic carbocycles. The zero-order valence-electron chi connectivity index (χ0n) is 24.3. The molecule has 0 radical (unpaired) electrons. The quantitative estimate of drug-likeness (QED) is 0.242. The van der Waals surface area contributed by atoms with Gasteiger partial charge in [-0.3, -0.25) is 19.6 Å². The number of aromatic nitrogens is 4. The highest BCUT2D eigenvalue weighted by Crippen LogP contribution is 2.52. The van der Waals surface area contributed by atoms with E-state index >= 15 is 0 Å². The van der Waals surface area contributed by atoms with Crippen LogP contribution in [0.25, 0.3) is 10.8 Å². The van der Waals surface area contributed by atoms with Gasteiger partial charge in [0.25, 0.3) is 5.56 Å². The average molecular weight is 609 g/mol. The number of fused-ring (bicyclic) bond motifs is 2. The Kier molecular flexibility index (Phi) is 7.33. The predicted octanol–water partition coefficient (Wildman–Crippen LogP) is 5.38.